The van der Waals surface area contributed by atoms with Crippen LogP contribution < -0.4 is 0 Å². The van der Waals surface area contributed by atoms with E-state index in [0.29, 0.717) is 23.5 Å². The van der Waals surface area contributed by atoms with Gasteiger partial charge in [-0.2, -0.15) is 0 Å². The van der Waals surface area contributed by atoms with Gasteiger partial charge < -0.3 is 14.0 Å². The first-order valence-corrected chi connectivity index (χ1v) is 6.58. The lowest BCUT2D eigenvalue weighted by Gasteiger charge is -2.12. The fourth-order valence-corrected chi connectivity index (χ4v) is 2.27. The highest BCUT2D eigenvalue weighted by Crippen LogP contribution is 2.30. The first-order valence-electron chi connectivity index (χ1n) is 6.58. The maximum absolute atomic E-state index is 11.8. The third-order valence-corrected chi connectivity index (χ3v) is 3.07. The number of nitrogens with zero attached hydrogens (tertiary/aromatic N) is 1. The maximum atomic E-state index is 11.8. The zero-order valence-corrected chi connectivity index (χ0v) is 11.8. The van der Waals surface area contributed by atoms with Crippen molar-refractivity contribution in [1.29, 1.82) is 0 Å². The summed E-state index contributed by atoms with van der Waals surface area (Å²) in [5, 5.41) is 3.86. The van der Waals surface area contributed by atoms with E-state index in [2.05, 4.69) is 5.16 Å². The molecule has 0 aliphatic heterocycles. The van der Waals surface area contributed by atoms with Crippen LogP contribution in [0.25, 0.3) is 0 Å². The summed E-state index contributed by atoms with van der Waals surface area (Å²) in [4.78, 5) is 27.4. The largest absolute Gasteiger partial charge is 0.460 e. The van der Waals surface area contributed by atoms with Gasteiger partial charge in [0.25, 0.3) is 0 Å². The highest BCUT2D eigenvalue weighted by atomic mass is 16.7. The average Bonchev–Trinajstić information content (AvgIpc) is 2.75. The second-order valence-corrected chi connectivity index (χ2v) is 4.55. The number of hydrogen-bond acceptors (Lipinski definition) is 6. The molecule has 0 radical (unpaired) electrons. The fourth-order valence-electron chi connectivity index (χ4n) is 2.27. The van der Waals surface area contributed by atoms with Gasteiger partial charge in [-0.15, -0.1) is 0 Å². The molecule has 1 aromatic rings. The Labute approximate surface area is 116 Å². The molecular weight excluding hydrogens is 262 g/mol. The summed E-state index contributed by atoms with van der Waals surface area (Å²) in [6.07, 6.45) is 2.25. The topological polar surface area (TPSA) is 78.1 Å². The molecule has 6 nitrogen and oxygen atoms in total. The molecule has 0 aromatic carbocycles. The number of rotatable bonds is 3. The van der Waals surface area contributed by atoms with Gasteiger partial charge in [0.15, 0.2) is 0 Å². The van der Waals surface area contributed by atoms with Crippen molar-refractivity contribution >= 4 is 17.7 Å². The van der Waals surface area contributed by atoms with Crippen LogP contribution in [0.4, 0.5) is 0 Å². The predicted octanol–water partition coefficient (Wildman–Crippen LogP) is 2.37. The molecule has 0 fully saturated rings. The number of furan rings is 1. The summed E-state index contributed by atoms with van der Waals surface area (Å²) >= 11 is 0. The summed E-state index contributed by atoms with van der Waals surface area (Å²) in [5.74, 6) is -0.0559. The van der Waals surface area contributed by atoms with Crippen LogP contribution >= 0.6 is 0 Å². The molecule has 6 heteroatoms. The van der Waals surface area contributed by atoms with Crippen molar-refractivity contribution in [3.8, 4) is 0 Å². The van der Waals surface area contributed by atoms with E-state index >= 15 is 0 Å². The Bertz CT molecular complexity index is 570. The number of esters is 1. The van der Waals surface area contributed by atoms with Gasteiger partial charge in [0.2, 0.25) is 5.76 Å². The third-order valence-electron chi connectivity index (χ3n) is 3.07. The van der Waals surface area contributed by atoms with Crippen LogP contribution in [0.3, 0.4) is 0 Å². The van der Waals surface area contributed by atoms with Crippen LogP contribution in [-0.4, -0.2) is 24.3 Å². The molecule has 1 heterocycles. The number of carbonyl (C=O) groups is 2. The van der Waals surface area contributed by atoms with Crippen LogP contribution in [0.1, 0.15) is 54.1 Å². The smallest absolute Gasteiger partial charge is 0.374 e. The van der Waals surface area contributed by atoms with E-state index in [-0.39, 0.29) is 12.4 Å². The SMILES string of the molecule is CCOC(=O)c1oc2c(c1C)/C(=N/OC(C)=O)CCC2. The summed E-state index contributed by atoms with van der Waals surface area (Å²) < 4.78 is 10.6. The average molecular weight is 279 g/mol. The quantitative estimate of drug-likeness (QED) is 0.482. The minimum absolute atomic E-state index is 0.203. The Balaban J connectivity index is 2.39. The fraction of sp³-hybridized carbons (Fsp3) is 0.500. The van der Waals surface area contributed by atoms with Gasteiger partial charge in [0.05, 0.1) is 12.3 Å². The molecule has 1 aliphatic rings. The lowest BCUT2D eigenvalue weighted by atomic mass is 9.93. The number of ether oxygens (including phenoxy) is 1. The molecule has 0 unspecified atom stereocenters. The lowest BCUT2D eigenvalue weighted by Crippen LogP contribution is -2.12. The summed E-state index contributed by atoms with van der Waals surface area (Å²) in [6.45, 7) is 5.10. The molecule has 0 spiro atoms. The van der Waals surface area contributed by atoms with Crippen LogP contribution in [0, 0.1) is 6.92 Å². The van der Waals surface area contributed by atoms with E-state index < -0.39 is 11.9 Å². The van der Waals surface area contributed by atoms with Crippen molar-refractivity contribution in [3.63, 3.8) is 0 Å². The Morgan fingerprint density at radius 3 is 2.75 bits per heavy atom. The van der Waals surface area contributed by atoms with Gasteiger partial charge in [-0.25, -0.2) is 9.59 Å². The highest BCUT2D eigenvalue weighted by Gasteiger charge is 2.28. The van der Waals surface area contributed by atoms with Crippen molar-refractivity contribution in [1.82, 2.24) is 0 Å². The zero-order chi connectivity index (χ0) is 14.7. The maximum Gasteiger partial charge on any atom is 0.374 e. The second-order valence-electron chi connectivity index (χ2n) is 4.55. The van der Waals surface area contributed by atoms with Crippen molar-refractivity contribution in [2.45, 2.75) is 40.0 Å². The van der Waals surface area contributed by atoms with Crippen LogP contribution in [-0.2, 0) is 20.8 Å². The Hall–Kier alpha value is -2.11. The second kappa shape index (κ2) is 5.90. The molecular formula is C14H17NO5. The van der Waals surface area contributed by atoms with Crippen molar-refractivity contribution in [2.24, 2.45) is 5.16 Å². The summed E-state index contributed by atoms with van der Waals surface area (Å²) in [6, 6.07) is 0. The highest BCUT2D eigenvalue weighted by molar-refractivity contribution is 6.05. The summed E-state index contributed by atoms with van der Waals surface area (Å²) in [7, 11) is 0. The predicted molar refractivity (Wildman–Crippen MR) is 70.6 cm³/mol. The third kappa shape index (κ3) is 2.74. The van der Waals surface area contributed by atoms with Gasteiger partial charge >= 0.3 is 11.9 Å². The molecule has 0 atom stereocenters. The lowest BCUT2D eigenvalue weighted by molar-refractivity contribution is -0.140. The minimum atomic E-state index is -0.480. The van der Waals surface area contributed by atoms with Crippen LogP contribution in [0.2, 0.25) is 0 Å². The first-order chi connectivity index (χ1) is 9.54. The van der Waals surface area contributed by atoms with Gasteiger partial charge in [0.1, 0.15) is 5.76 Å². The molecule has 0 saturated heterocycles. The molecule has 1 aromatic heterocycles. The molecule has 0 bridgehead atoms. The zero-order valence-electron chi connectivity index (χ0n) is 11.8. The molecule has 108 valence electrons. The first kappa shape index (κ1) is 14.3. The van der Waals surface area contributed by atoms with Crippen molar-refractivity contribution < 1.29 is 23.6 Å². The number of hydrogen-bond donors (Lipinski definition) is 0. The molecule has 0 amide bonds. The van der Waals surface area contributed by atoms with E-state index in [1.807, 2.05) is 0 Å². The number of aryl methyl sites for hydroxylation is 1. The number of oxime groups is 1. The molecule has 0 saturated carbocycles. The standard InChI is InChI=1S/C14H17NO5/c1-4-18-14(17)13-8(2)12-10(15-20-9(3)16)6-5-7-11(12)19-13/h4-7H2,1-3H3/b15-10+. The van der Waals surface area contributed by atoms with Gasteiger partial charge in [0, 0.05) is 24.5 Å². The Kier molecular flexibility index (Phi) is 4.22. The molecule has 0 N–H and O–H groups in total. The van der Waals surface area contributed by atoms with E-state index in [4.69, 9.17) is 14.0 Å². The molecule has 1 aliphatic carbocycles. The van der Waals surface area contributed by atoms with Crippen molar-refractivity contribution in [2.75, 3.05) is 6.61 Å². The number of carbonyl (C=O) groups excluding carboxylic acids is 2. The van der Waals surface area contributed by atoms with E-state index in [9.17, 15) is 9.59 Å². The molecule has 2 rings (SSSR count). The summed E-state index contributed by atoms with van der Waals surface area (Å²) in [5.41, 5.74) is 2.09. The number of fused-ring (bicyclic) bond motifs is 1. The van der Waals surface area contributed by atoms with Crippen LogP contribution in [0.5, 0.6) is 0 Å². The van der Waals surface area contributed by atoms with Crippen LogP contribution in [0.15, 0.2) is 9.57 Å². The van der Waals surface area contributed by atoms with Gasteiger partial charge in [-0.05, 0) is 26.7 Å². The minimum Gasteiger partial charge on any atom is -0.460 e. The molecule has 20 heavy (non-hydrogen) atoms. The van der Waals surface area contributed by atoms with Gasteiger partial charge in [-0.3, -0.25) is 0 Å². The van der Waals surface area contributed by atoms with Crippen molar-refractivity contribution in [3.05, 3.63) is 22.6 Å². The normalized spacial score (nSPS) is 15.8. The van der Waals surface area contributed by atoms with E-state index in [1.54, 1.807) is 13.8 Å². The van der Waals surface area contributed by atoms with Gasteiger partial charge in [-0.1, -0.05) is 5.16 Å². The monoisotopic (exact) mass is 279 g/mol. The van der Waals surface area contributed by atoms with E-state index in [0.717, 1.165) is 18.4 Å². The Morgan fingerprint density at radius 2 is 2.10 bits per heavy atom. The Morgan fingerprint density at radius 1 is 1.35 bits per heavy atom. The van der Waals surface area contributed by atoms with E-state index in [1.165, 1.54) is 6.92 Å².